The molecule has 2 heterocycles. The summed E-state index contributed by atoms with van der Waals surface area (Å²) >= 11 is 6.63. The molecule has 0 bridgehead atoms. The molecule has 1 N–H and O–H groups in total. The zero-order valence-corrected chi connectivity index (χ0v) is 14.3. The Kier molecular flexibility index (Phi) is 4.82. The molecule has 1 aromatic carbocycles. The topological polar surface area (TPSA) is 77.9 Å². The van der Waals surface area contributed by atoms with E-state index in [2.05, 4.69) is 0 Å². The number of aromatic hydroxyl groups is 1. The number of phenolic OH excluding ortho intramolecular Hbond substituents is 1. The summed E-state index contributed by atoms with van der Waals surface area (Å²) in [5, 5.41) is 9.12. The van der Waals surface area contributed by atoms with E-state index in [1.165, 1.54) is 18.2 Å². The molecule has 8 heteroatoms. The van der Waals surface area contributed by atoms with Crippen molar-refractivity contribution in [3.63, 3.8) is 0 Å². The normalized spacial score (nSPS) is 19.6. The van der Waals surface area contributed by atoms with E-state index >= 15 is 0 Å². The van der Waals surface area contributed by atoms with Crippen LogP contribution in [-0.2, 0) is 9.59 Å². The molecular weight excluding hydrogens is 352 g/mol. The van der Waals surface area contributed by atoms with Crippen molar-refractivity contribution in [2.45, 2.75) is 12.8 Å². The van der Waals surface area contributed by atoms with E-state index in [1.807, 2.05) is 0 Å². The van der Waals surface area contributed by atoms with Crippen LogP contribution in [0.1, 0.15) is 18.4 Å². The lowest BCUT2D eigenvalue weighted by Crippen LogP contribution is -2.40. The molecule has 2 aliphatic rings. The number of thioether (sulfide) groups is 1. The molecule has 0 saturated carbocycles. The molecule has 0 atom stereocenters. The molecule has 1 aromatic rings. The van der Waals surface area contributed by atoms with Gasteiger partial charge in [0, 0.05) is 13.1 Å². The van der Waals surface area contributed by atoms with E-state index in [9.17, 15) is 19.5 Å². The lowest BCUT2D eigenvalue weighted by molar-refractivity contribution is -0.135. The van der Waals surface area contributed by atoms with Gasteiger partial charge >= 0.3 is 0 Å². The van der Waals surface area contributed by atoms with Gasteiger partial charge in [-0.15, -0.1) is 0 Å². The highest BCUT2D eigenvalue weighted by molar-refractivity contribution is 8.18. The van der Waals surface area contributed by atoms with E-state index in [1.54, 1.807) is 11.0 Å². The van der Waals surface area contributed by atoms with Crippen LogP contribution in [0.15, 0.2) is 23.1 Å². The summed E-state index contributed by atoms with van der Waals surface area (Å²) in [5.41, 5.74) is 0.592. The second-order valence-electron chi connectivity index (χ2n) is 5.57. The van der Waals surface area contributed by atoms with Gasteiger partial charge in [0.1, 0.15) is 12.3 Å². The van der Waals surface area contributed by atoms with E-state index in [4.69, 9.17) is 11.6 Å². The first-order chi connectivity index (χ1) is 11.5. The van der Waals surface area contributed by atoms with Gasteiger partial charge in [-0.3, -0.25) is 19.3 Å². The van der Waals surface area contributed by atoms with Crippen LogP contribution in [0.25, 0.3) is 6.08 Å². The van der Waals surface area contributed by atoms with Crippen molar-refractivity contribution >= 4 is 46.5 Å². The number of halogens is 1. The Labute approximate surface area is 148 Å². The number of nitrogens with zero attached hydrogens (tertiary/aromatic N) is 2. The maximum atomic E-state index is 12.4. The molecule has 6 nitrogen and oxygen atoms in total. The Morgan fingerprint density at radius 3 is 2.67 bits per heavy atom. The molecule has 0 spiro atoms. The van der Waals surface area contributed by atoms with Gasteiger partial charge in [0.2, 0.25) is 5.91 Å². The van der Waals surface area contributed by atoms with Crippen molar-refractivity contribution in [3.05, 3.63) is 33.7 Å². The van der Waals surface area contributed by atoms with Crippen molar-refractivity contribution in [2.24, 2.45) is 0 Å². The predicted molar refractivity (Wildman–Crippen MR) is 91.6 cm³/mol. The maximum absolute atomic E-state index is 12.4. The van der Waals surface area contributed by atoms with Gasteiger partial charge in [-0.1, -0.05) is 17.7 Å². The molecule has 3 rings (SSSR count). The van der Waals surface area contributed by atoms with Crippen molar-refractivity contribution in [1.29, 1.82) is 0 Å². The number of benzene rings is 1. The number of amides is 3. The summed E-state index contributed by atoms with van der Waals surface area (Å²) in [4.78, 5) is 39.5. The van der Waals surface area contributed by atoms with Crippen molar-refractivity contribution in [3.8, 4) is 5.75 Å². The number of hydrogen-bond donors (Lipinski definition) is 1. The lowest BCUT2D eigenvalue weighted by atomic mass is 10.2. The summed E-state index contributed by atoms with van der Waals surface area (Å²) < 4.78 is 0. The summed E-state index contributed by atoms with van der Waals surface area (Å²) in [6, 6.07) is 4.50. The number of imide groups is 1. The first kappa shape index (κ1) is 16.9. The van der Waals surface area contributed by atoms with Gasteiger partial charge in [-0.05, 0) is 48.4 Å². The fourth-order valence-electron chi connectivity index (χ4n) is 2.60. The minimum atomic E-state index is -0.484. The summed E-state index contributed by atoms with van der Waals surface area (Å²) in [6.07, 6.45) is 3.43. The van der Waals surface area contributed by atoms with Crippen LogP contribution >= 0.6 is 23.4 Å². The largest absolute Gasteiger partial charge is 0.506 e. The van der Waals surface area contributed by atoms with Gasteiger partial charge in [-0.25, -0.2) is 0 Å². The number of carbonyl (C=O) groups excluding carboxylic acids is 3. The minimum Gasteiger partial charge on any atom is -0.506 e. The number of rotatable bonds is 3. The van der Waals surface area contributed by atoms with Gasteiger partial charge < -0.3 is 10.0 Å². The molecule has 2 aliphatic heterocycles. The molecule has 2 saturated heterocycles. The number of phenols is 1. The average molecular weight is 367 g/mol. The maximum Gasteiger partial charge on any atom is 0.294 e. The van der Waals surface area contributed by atoms with E-state index in [-0.39, 0.29) is 28.1 Å². The Morgan fingerprint density at radius 2 is 2.00 bits per heavy atom. The van der Waals surface area contributed by atoms with Gasteiger partial charge in [0.15, 0.2) is 0 Å². The summed E-state index contributed by atoms with van der Waals surface area (Å²) in [7, 11) is 0. The Morgan fingerprint density at radius 1 is 1.29 bits per heavy atom. The molecule has 0 aromatic heterocycles. The van der Waals surface area contributed by atoms with E-state index in [0.717, 1.165) is 29.5 Å². The quantitative estimate of drug-likeness (QED) is 0.832. The van der Waals surface area contributed by atoms with Crippen molar-refractivity contribution in [2.75, 3.05) is 19.6 Å². The third kappa shape index (κ3) is 3.42. The molecule has 0 radical (unpaired) electrons. The van der Waals surface area contributed by atoms with Gasteiger partial charge in [-0.2, -0.15) is 0 Å². The van der Waals surface area contributed by atoms with Crippen LogP contribution in [0.3, 0.4) is 0 Å². The number of likely N-dealkylation sites (tertiary alicyclic amines) is 1. The Hall–Kier alpha value is -1.99. The van der Waals surface area contributed by atoms with Gasteiger partial charge in [0.25, 0.3) is 11.1 Å². The van der Waals surface area contributed by atoms with Crippen LogP contribution in [0, 0.1) is 0 Å². The van der Waals surface area contributed by atoms with Crippen LogP contribution in [0.4, 0.5) is 4.79 Å². The molecule has 0 aliphatic carbocycles. The van der Waals surface area contributed by atoms with Crippen molar-refractivity contribution in [1.82, 2.24) is 9.80 Å². The highest BCUT2D eigenvalue weighted by Crippen LogP contribution is 2.33. The van der Waals surface area contributed by atoms with Crippen molar-refractivity contribution < 1.29 is 19.5 Å². The standard InChI is InChI=1S/C16H15ClN2O4S/c17-11-7-10(3-4-12(11)20)8-13-15(22)19(16(23)24-13)9-14(21)18-5-1-2-6-18/h3-4,7-8,20H,1-2,5-6,9H2/b13-8+. The second-order valence-corrected chi connectivity index (χ2v) is 6.97. The fourth-order valence-corrected chi connectivity index (χ4v) is 3.63. The molecule has 24 heavy (non-hydrogen) atoms. The summed E-state index contributed by atoms with van der Waals surface area (Å²) in [6.45, 7) is 1.13. The highest BCUT2D eigenvalue weighted by Gasteiger charge is 2.37. The van der Waals surface area contributed by atoms with Gasteiger partial charge in [0.05, 0.1) is 9.93 Å². The highest BCUT2D eigenvalue weighted by atomic mass is 35.5. The molecule has 2 fully saturated rings. The smallest absolute Gasteiger partial charge is 0.294 e. The van der Waals surface area contributed by atoms with E-state index < -0.39 is 11.1 Å². The molecule has 3 amide bonds. The van der Waals surface area contributed by atoms with Crippen LogP contribution in [0.2, 0.25) is 5.02 Å². The average Bonchev–Trinajstić information content (AvgIpc) is 3.16. The summed E-state index contributed by atoms with van der Waals surface area (Å²) in [5.74, 6) is -0.747. The SMILES string of the molecule is O=C(CN1C(=O)S/C(=C/c2ccc(O)c(Cl)c2)C1=O)N1CCCC1. The monoisotopic (exact) mass is 366 g/mol. The second kappa shape index (κ2) is 6.86. The van der Waals surface area contributed by atoms with Crippen LogP contribution < -0.4 is 0 Å². The Balaban J connectivity index is 1.74. The number of hydrogen-bond acceptors (Lipinski definition) is 5. The van der Waals surface area contributed by atoms with E-state index in [0.29, 0.717) is 18.7 Å². The number of carbonyl (C=O) groups is 3. The first-order valence-corrected chi connectivity index (χ1v) is 8.67. The van der Waals surface area contributed by atoms with Crippen LogP contribution in [-0.4, -0.2) is 51.6 Å². The molecular formula is C16H15ClN2O4S. The van der Waals surface area contributed by atoms with Crippen LogP contribution in [0.5, 0.6) is 5.75 Å². The molecule has 126 valence electrons. The first-order valence-electron chi connectivity index (χ1n) is 7.47. The Bertz CT molecular complexity index is 744. The zero-order chi connectivity index (χ0) is 17.3. The zero-order valence-electron chi connectivity index (χ0n) is 12.7. The minimum absolute atomic E-state index is 0.0573. The fraction of sp³-hybridized carbons (Fsp3) is 0.312. The third-order valence-corrected chi connectivity index (χ3v) is 5.11. The predicted octanol–water partition coefficient (Wildman–Crippen LogP) is 2.70. The molecule has 0 unspecified atom stereocenters. The third-order valence-electron chi connectivity index (χ3n) is 3.90. The lowest BCUT2D eigenvalue weighted by Gasteiger charge is -2.18.